The van der Waals surface area contributed by atoms with E-state index in [0.29, 0.717) is 5.69 Å². The summed E-state index contributed by atoms with van der Waals surface area (Å²) < 4.78 is 34.1. The Labute approximate surface area is 165 Å². The van der Waals surface area contributed by atoms with E-state index in [4.69, 9.17) is 4.74 Å². The number of anilines is 1. The molecule has 2 aromatic carbocycles. The third-order valence-corrected chi connectivity index (χ3v) is 4.53. The standard InChI is InChI=1S/C19H20F2N2O4S/c1-23(11-17(24)22-13-6-4-5-7-16(13)28-3)18(25)12-8-9-14(27-19(20)21)15(10-12)26-2/h4-10,19H,11H2,1-3H3,(H,22,24). The smallest absolute Gasteiger partial charge is 0.387 e. The molecule has 0 bridgehead atoms. The molecule has 0 aliphatic carbocycles. The van der Waals surface area contributed by atoms with Crippen LogP contribution in [-0.4, -0.2) is 50.3 Å². The van der Waals surface area contributed by atoms with E-state index in [0.717, 1.165) is 4.90 Å². The Morgan fingerprint density at radius 3 is 2.54 bits per heavy atom. The maximum Gasteiger partial charge on any atom is 0.387 e. The van der Waals surface area contributed by atoms with Gasteiger partial charge in [0, 0.05) is 17.5 Å². The van der Waals surface area contributed by atoms with Crippen molar-refractivity contribution in [2.75, 3.05) is 32.3 Å². The Hall–Kier alpha value is -2.81. The van der Waals surface area contributed by atoms with Gasteiger partial charge in [0.05, 0.1) is 19.3 Å². The fourth-order valence-corrected chi connectivity index (χ4v) is 2.99. The van der Waals surface area contributed by atoms with Crippen LogP contribution in [0.2, 0.25) is 0 Å². The monoisotopic (exact) mass is 410 g/mol. The Kier molecular flexibility index (Phi) is 7.62. The van der Waals surface area contributed by atoms with Crippen molar-refractivity contribution >= 4 is 29.3 Å². The third kappa shape index (κ3) is 5.59. The molecule has 0 atom stereocenters. The number of alkyl halides is 2. The van der Waals surface area contributed by atoms with Gasteiger partial charge in [0.2, 0.25) is 5.91 Å². The van der Waals surface area contributed by atoms with Gasteiger partial charge in [-0.25, -0.2) is 0 Å². The molecule has 0 aliphatic rings. The minimum absolute atomic E-state index is 0.00194. The first-order chi connectivity index (χ1) is 13.3. The van der Waals surface area contributed by atoms with E-state index in [2.05, 4.69) is 10.1 Å². The van der Waals surface area contributed by atoms with Crippen molar-refractivity contribution in [3.8, 4) is 11.5 Å². The Morgan fingerprint density at radius 1 is 1.18 bits per heavy atom. The number of methoxy groups -OCH3 is 1. The van der Waals surface area contributed by atoms with Crippen molar-refractivity contribution in [2.45, 2.75) is 11.5 Å². The molecule has 0 fully saturated rings. The van der Waals surface area contributed by atoms with Crippen LogP contribution in [0.1, 0.15) is 10.4 Å². The Morgan fingerprint density at radius 2 is 1.89 bits per heavy atom. The largest absolute Gasteiger partial charge is 0.493 e. The average Bonchev–Trinajstić information content (AvgIpc) is 2.67. The highest BCUT2D eigenvalue weighted by Gasteiger charge is 2.19. The molecule has 6 nitrogen and oxygen atoms in total. The molecule has 0 saturated carbocycles. The van der Waals surface area contributed by atoms with E-state index < -0.39 is 12.5 Å². The summed E-state index contributed by atoms with van der Waals surface area (Å²) in [6.07, 6.45) is 1.90. The van der Waals surface area contributed by atoms with Gasteiger partial charge in [-0.05, 0) is 36.6 Å². The Bertz CT molecular complexity index is 848. The van der Waals surface area contributed by atoms with Crippen LogP contribution < -0.4 is 14.8 Å². The number of hydrogen-bond acceptors (Lipinski definition) is 5. The van der Waals surface area contributed by atoms with Crippen LogP contribution >= 0.6 is 11.8 Å². The summed E-state index contributed by atoms with van der Waals surface area (Å²) in [5.74, 6) is -1.00. The van der Waals surface area contributed by atoms with Crippen LogP contribution in [0.25, 0.3) is 0 Å². The van der Waals surface area contributed by atoms with Crippen molar-refractivity contribution in [1.82, 2.24) is 4.90 Å². The first kappa shape index (κ1) is 21.5. The van der Waals surface area contributed by atoms with Crippen molar-refractivity contribution < 1.29 is 27.8 Å². The van der Waals surface area contributed by atoms with Crippen LogP contribution in [0.4, 0.5) is 14.5 Å². The molecular formula is C19H20F2N2O4S. The van der Waals surface area contributed by atoms with Gasteiger partial charge in [-0.15, -0.1) is 11.8 Å². The number of ether oxygens (including phenoxy) is 2. The molecule has 0 aliphatic heterocycles. The maximum absolute atomic E-state index is 12.6. The number of halogens is 2. The zero-order chi connectivity index (χ0) is 20.7. The average molecular weight is 410 g/mol. The summed E-state index contributed by atoms with van der Waals surface area (Å²) in [7, 11) is 2.75. The summed E-state index contributed by atoms with van der Waals surface area (Å²) >= 11 is 1.49. The van der Waals surface area contributed by atoms with Gasteiger partial charge in [0.25, 0.3) is 5.91 Å². The zero-order valence-electron chi connectivity index (χ0n) is 15.6. The number of likely N-dealkylation sites (N-methyl/N-ethyl adjacent to an activating group) is 1. The van der Waals surface area contributed by atoms with Gasteiger partial charge in [0.1, 0.15) is 0 Å². The van der Waals surface area contributed by atoms with Crippen LogP contribution in [0.5, 0.6) is 11.5 Å². The Balaban J connectivity index is 2.06. The molecule has 0 heterocycles. The first-order valence-electron chi connectivity index (χ1n) is 8.17. The lowest BCUT2D eigenvalue weighted by Crippen LogP contribution is -2.35. The topological polar surface area (TPSA) is 67.9 Å². The first-order valence-corrected chi connectivity index (χ1v) is 9.39. The molecule has 0 radical (unpaired) electrons. The van der Waals surface area contributed by atoms with Gasteiger partial charge in [-0.1, -0.05) is 12.1 Å². The van der Waals surface area contributed by atoms with Crippen LogP contribution in [0.3, 0.4) is 0 Å². The van der Waals surface area contributed by atoms with E-state index in [1.54, 1.807) is 12.1 Å². The molecule has 28 heavy (non-hydrogen) atoms. The number of amides is 2. The number of carbonyl (C=O) groups excluding carboxylic acids is 2. The van der Waals surface area contributed by atoms with Crippen molar-refractivity contribution in [1.29, 1.82) is 0 Å². The van der Waals surface area contributed by atoms with Crippen LogP contribution in [-0.2, 0) is 4.79 Å². The molecule has 1 N–H and O–H groups in total. The van der Waals surface area contributed by atoms with Gasteiger partial charge in [-0.2, -0.15) is 8.78 Å². The van der Waals surface area contributed by atoms with E-state index in [1.165, 1.54) is 49.0 Å². The molecule has 0 aromatic heterocycles. The van der Waals surface area contributed by atoms with Crippen molar-refractivity contribution in [3.05, 3.63) is 48.0 Å². The van der Waals surface area contributed by atoms with Crippen molar-refractivity contribution in [2.24, 2.45) is 0 Å². The molecule has 0 saturated heterocycles. The van der Waals surface area contributed by atoms with E-state index >= 15 is 0 Å². The van der Waals surface area contributed by atoms with E-state index in [-0.39, 0.29) is 29.5 Å². The predicted molar refractivity (Wildman–Crippen MR) is 103 cm³/mol. The molecule has 9 heteroatoms. The lowest BCUT2D eigenvalue weighted by molar-refractivity contribution is -0.116. The fraction of sp³-hybridized carbons (Fsp3) is 0.263. The summed E-state index contributed by atoms with van der Waals surface area (Å²) in [5.41, 5.74) is 0.842. The number of nitrogens with one attached hydrogen (secondary N) is 1. The van der Waals surface area contributed by atoms with Gasteiger partial charge in [-0.3, -0.25) is 9.59 Å². The fourth-order valence-electron chi connectivity index (χ4n) is 2.44. The van der Waals surface area contributed by atoms with Gasteiger partial charge < -0.3 is 19.7 Å². The second-order valence-corrected chi connectivity index (χ2v) is 6.50. The minimum atomic E-state index is -3.01. The second-order valence-electron chi connectivity index (χ2n) is 5.65. The van der Waals surface area contributed by atoms with E-state index in [9.17, 15) is 18.4 Å². The second kappa shape index (κ2) is 9.93. The molecule has 2 aromatic rings. The number of benzene rings is 2. The normalized spacial score (nSPS) is 10.5. The number of thioether (sulfide) groups is 1. The van der Waals surface area contributed by atoms with Crippen LogP contribution in [0.15, 0.2) is 47.4 Å². The third-order valence-electron chi connectivity index (χ3n) is 3.74. The highest BCUT2D eigenvalue weighted by Crippen LogP contribution is 2.30. The highest BCUT2D eigenvalue weighted by molar-refractivity contribution is 7.98. The highest BCUT2D eigenvalue weighted by atomic mass is 32.2. The zero-order valence-corrected chi connectivity index (χ0v) is 16.4. The predicted octanol–water partition coefficient (Wildman–Crippen LogP) is 3.73. The number of carbonyl (C=O) groups is 2. The molecular weight excluding hydrogens is 390 g/mol. The van der Waals surface area contributed by atoms with Gasteiger partial charge in [0.15, 0.2) is 11.5 Å². The maximum atomic E-state index is 12.6. The summed E-state index contributed by atoms with van der Waals surface area (Å²) in [6, 6.07) is 11.2. The lowest BCUT2D eigenvalue weighted by Gasteiger charge is -2.18. The molecule has 2 rings (SSSR count). The van der Waals surface area contributed by atoms with Crippen LogP contribution in [0, 0.1) is 0 Å². The summed E-state index contributed by atoms with van der Waals surface area (Å²) in [4.78, 5) is 27.0. The number of para-hydroxylation sites is 1. The van der Waals surface area contributed by atoms with Crippen molar-refractivity contribution in [3.63, 3.8) is 0 Å². The minimum Gasteiger partial charge on any atom is -0.493 e. The molecule has 150 valence electrons. The number of hydrogen-bond donors (Lipinski definition) is 1. The quantitative estimate of drug-likeness (QED) is 0.672. The number of rotatable bonds is 8. The molecule has 0 unspecified atom stereocenters. The molecule has 2 amide bonds. The lowest BCUT2D eigenvalue weighted by atomic mass is 10.1. The van der Waals surface area contributed by atoms with Gasteiger partial charge >= 0.3 is 6.61 Å². The number of nitrogens with zero attached hydrogens (tertiary/aromatic N) is 1. The summed E-state index contributed by atoms with van der Waals surface area (Å²) in [5, 5.41) is 2.77. The summed E-state index contributed by atoms with van der Waals surface area (Å²) in [6.45, 7) is -3.19. The molecule has 0 spiro atoms. The van der Waals surface area contributed by atoms with E-state index in [1.807, 2.05) is 18.4 Å². The SMILES string of the molecule is COc1cc(C(=O)N(C)CC(=O)Nc2ccccc2SC)ccc1OC(F)F.